The summed E-state index contributed by atoms with van der Waals surface area (Å²) < 4.78 is 6.16. The molecule has 2 N–H and O–H groups in total. The largest absolute Gasteiger partial charge is 0.492 e. The lowest BCUT2D eigenvalue weighted by molar-refractivity contribution is 0.313. The first-order valence-electron chi connectivity index (χ1n) is 4.12. The molecule has 0 radical (unpaired) electrons. The highest BCUT2D eigenvalue weighted by Gasteiger charge is 2.06. The van der Waals surface area contributed by atoms with Gasteiger partial charge >= 0.3 is 0 Å². The lowest BCUT2D eigenvalue weighted by Gasteiger charge is -2.08. The predicted octanol–water partition coefficient (Wildman–Crippen LogP) is 3.48. The lowest BCUT2D eigenvalue weighted by Crippen LogP contribution is -2.06. The standard InChI is InChI=1S/C9H10BrCl2NO/c10-6-4-8(12)9(5-7(6)11)14-3-1-2-13/h4-5H,1-3,13H2. The number of hydrogen-bond donors (Lipinski definition) is 1. The van der Waals surface area contributed by atoms with Crippen LogP contribution in [0.2, 0.25) is 10.0 Å². The molecule has 0 aliphatic rings. The Labute approximate surface area is 101 Å². The van der Waals surface area contributed by atoms with Gasteiger partial charge in [0.15, 0.2) is 0 Å². The molecule has 1 rings (SSSR count). The van der Waals surface area contributed by atoms with Gasteiger partial charge in [-0.3, -0.25) is 0 Å². The zero-order valence-electron chi connectivity index (χ0n) is 7.40. The highest BCUT2D eigenvalue weighted by atomic mass is 79.9. The summed E-state index contributed by atoms with van der Waals surface area (Å²) in [7, 11) is 0. The summed E-state index contributed by atoms with van der Waals surface area (Å²) in [6.45, 7) is 1.15. The summed E-state index contributed by atoms with van der Waals surface area (Å²) in [4.78, 5) is 0. The van der Waals surface area contributed by atoms with Crippen molar-refractivity contribution < 1.29 is 4.74 Å². The predicted molar refractivity (Wildman–Crippen MR) is 63.3 cm³/mol. The quantitative estimate of drug-likeness (QED) is 0.682. The fourth-order valence-electron chi connectivity index (χ4n) is 0.880. The molecule has 0 saturated heterocycles. The van der Waals surface area contributed by atoms with Crippen molar-refractivity contribution in [3.63, 3.8) is 0 Å². The molecule has 0 saturated carbocycles. The molecule has 0 heterocycles. The Bertz CT molecular complexity index is 320. The summed E-state index contributed by atoms with van der Waals surface area (Å²) in [6, 6.07) is 3.39. The van der Waals surface area contributed by atoms with Crippen molar-refractivity contribution in [1.82, 2.24) is 0 Å². The molecular weight excluding hydrogens is 289 g/mol. The van der Waals surface area contributed by atoms with Crippen LogP contribution in [0.1, 0.15) is 6.42 Å². The molecule has 78 valence electrons. The Balaban J connectivity index is 2.72. The van der Waals surface area contributed by atoms with Crippen LogP contribution in [0.5, 0.6) is 5.75 Å². The minimum Gasteiger partial charge on any atom is -0.492 e. The number of halogens is 3. The highest BCUT2D eigenvalue weighted by Crippen LogP contribution is 2.33. The third-order valence-corrected chi connectivity index (χ3v) is 3.07. The smallest absolute Gasteiger partial charge is 0.139 e. The number of nitrogens with two attached hydrogens (primary N) is 1. The second kappa shape index (κ2) is 5.81. The van der Waals surface area contributed by atoms with Gasteiger partial charge < -0.3 is 10.5 Å². The van der Waals surface area contributed by atoms with Crippen molar-refractivity contribution in [2.75, 3.05) is 13.2 Å². The Kier molecular flexibility index (Phi) is 5.02. The average Bonchev–Trinajstić information content (AvgIpc) is 2.14. The molecule has 0 fully saturated rings. The van der Waals surface area contributed by atoms with Gasteiger partial charge in [-0.1, -0.05) is 23.2 Å². The van der Waals surface area contributed by atoms with Crippen molar-refractivity contribution in [2.24, 2.45) is 5.73 Å². The van der Waals surface area contributed by atoms with Crippen LogP contribution in [0.25, 0.3) is 0 Å². The summed E-state index contributed by atoms with van der Waals surface area (Å²) in [5.41, 5.74) is 5.34. The summed E-state index contributed by atoms with van der Waals surface area (Å²) in [5.74, 6) is 0.591. The topological polar surface area (TPSA) is 35.2 Å². The van der Waals surface area contributed by atoms with Crippen molar-refractivity contribution in [2.45, 2.75) is 6.42 Å². The number of rotatable bonds is 4. The van der Waals surface area contributed by atoms with E-state index in [2.05, 4.69) is 15.9 Å². The first-order valence-corrected chi connectivity index (χ1v) is 5.67. The van der Waals surface area contributed by atoms with Gasteiger partial charge in [-0.05, 0) is 35.0 Å². The van der Waals surface area contributed by atoms with Crippen LogP contribution in [0.15, 0.2) is 16.6 Å². The lowest BCUT2D eigenvalue weighted by atomic mass is 10.3. The minimum absolute atomic E-state index is 0.540. The van der Waals surface area contributed by atoms with Crippen LogP contribution in [0, 0.1) is 0 Å². The zero-order valence-corrected chi connectivity index (χ0v) is 10.5. The van der Waals surface area contributed by atoms with E-state index in [4.69, 9.17) is 33.7 Å². The molecule has 0 atom stereocenters. The van der Waals surface area contributed by atoms with Gasteiger partial charge in [0.2, 0.25) is 0 Å². The molecule has 0 bridgehead atoms. The van der Waals surface area contributed by atoms with Gasteiger partial charge in [0, 0.05) is 10.5 Å². The van der Waals surface area contributed by atoms with E-state index in [1.54, 1.807) is 12.1 Å². The van der Waals surface area contributed by atoms with Crippen LogP contribution >= 0.6 is 39.1 Å². The van der Waals surface area contributed by atoms with Crippen LogP contribution in [-0.4, -0.2) is 13.2 Å². The van der Waals surface area contributed by atoms with E-state index < -0.39 is 0 Å². The van der Waals surface area contributed by atoms with E-state index in [9.17, 15) is 0 Å². The van der Waals surface area contributed by atoms with Gasteiger partial charge in [-0.25, -0.2) is 0 Å². The molecule has 0 aromatic heterocycles. The molecule has 5 heteroatoms. The Morgan fingerprint density at radius 1 is 1.29 bits per heavy atom. The van der Waals surface area contributed by atoms with Gasteiger partial charge in [0.1, 0.15) is 5.75 Å². The summed E-state index contributed by atoms with van der Waals surface area (Å²) >= 11 is 15.1. The summed E-state index contributed by atoms with van der Waals surface area (Å²) in [5, 5.41) is 1.12. The minimum atomic E-state index is 0.540. The van der Waals surface area contributed by atoms with Crippen molar-refractivity contribution in [3.05, 3.63) is 26.7 Å². The molecular formula is C9H10BrCl2NO. The number of hydrogen-bond acceptors (Lipinski definition) is 2. The molecule has 0 aliphatic carbocycles. The monoisotopic (exact) mass is 297 g/mol. The second-order valence-electron chi connectivity index (χ2n) is 2.69. The molecule has 0 aliphatic heterocycles. The molecule has 2 nitrogen and oxygen atoms in total. The van der Waals surface area contributed by atoms with Gasteiger partial charge in [0.25, 0.3) is 0 Å². The van der Waals surface area contributed by atoms with Crippen molar-refractivity contribution in [3.8, 4) is 5.75 Å². The third kappa shape index (κ3) is 3.31. The first-order chi connectivity index (χ1) is 6.65. The average molecular weight is 299 g/mol. The van der Waals surface area contributed by atoms with Gasteiger partial charge in [-0.15, -0.1) is 0 Å². The van der Waals surface area contributed by atoms with E-state index in [1.165, 1.54) is 0 Å². The molecule has 0 unspecified atom stereocenters. The number of benzene rings is 1. The van der Waals surface area contributed by atoms with E-state index in [1.807, 2.05) is 0 Å². The maximum Gasteiger partial charge on any atom is 0.139 e. The molecule has 0 amide bonds. The fraction of sp³-hybridized carbons (Fsp3) is 0.333. The molecule has 1 aromatic rings. The Morgan fingerprint density at radius 3 is 2.64 bits per heavy atom. The van der Waals surface area contributed by atoms with Gasteiger partial charge in [-0.2, -0.15) is 0 Å². The van der Waals surface area contributed by atoms with E-state index in [0.29, 0.717) is 28.9 Å². The van der Waals surface area contributed by atoms with Crippen LogP contribution in [0.4, 0.5) is 0 Å². The van der Waals surface area contributed by atoms with Crippen molar-refractivity contribution >= 4 is 39.1 Å². The van der Waals surface area contributed by atoms with E-state index in [0.717, 1.165) is 10.9 Å². The second-order valence-corrected chi connectivity index (χ2v) is 4.36. The highest BCUT2D eigenvalue weighted by molar-refractivity contribution is 9.10. The van der Waals surface area contributed by atoms with E-state index in [-0.39, 0.29) is 0 Å². The Hall–Kier alpha value is 0.0400. The maximum atomic E-state index is 5.94. The Morgan fingerprint density at radius 2 is 2.00 bits per heavy atom. The van der Waals surface area contributed by atoms with E-state index >= 15 is 0 Å². The SMILES string of the molecule is NCCCOc1cc(Cl)c(Br)cc1Cl. The molecule has 14 heavy (non-hydrogen) atoms. The van der Waals surface area contributed by atoms with Crippen molar-refractivity contribution in [1.29, 1.82) is 0 Å². The third-order valence-electron chi connectivity index (χ3n) is 1.58. The van der Waals surface area contributed by atoms with Crippen LogP contribution in [-0.2, 0) is 0 Å². The normalized spacial score (nSPS) is 10.3. The first kappa shape index (κ1) is 12.1. The molecule has 1 aromatic carbocycles. The fourth-order valence-corrected chi connectivity index (χ4v) is 1.73. The van der Waals surface area contributed by atoms with Gasteiger partial charge in [0.05, 0.1) is 16.7 Å². The summed E-state index contributed by atoms with van der Waals surface area (Å²) in [6.07, 6.45) is 0.796. The zero-order chi connectivity index (χ0) is 10.6. The molecule has 0 spiro atoms. The maximum absolute atomic E-state index is 5.94. The van der Waals surface area contributed by atoms with Crippen LogP contribution in [0.3, 0.4) is 0 Å². The van der Waals surface area contributed by atoms with Crippen LogP contribution < -0.4 is 10.5 Å². The number of ether oxygens (including phenoxy) is 1.